The van der Waals surface area contributed by atoms with Gasteiger partial charge in [-0.25, -0.2) is 0 Å². The molecule has 0 radical (unpaired) electrons. The smallest absolute Gasteiger partial charge is 0.0107 e. The Morgan fingerprint density at radius 2 is 1.88 bits per heavy atom. The van der Waals surface area contributed by atoms with Crippen LogP contribution in [0.25, 0.3) is 0 Å². The molecule has 0 spiro atoms. The second kappa shape index (κ2) is 8.10. The fraction of sp³-hybridized carbons (Fsp3) is 1.00. The number of hydrogen-bond acceptors (Lipinski definition) is 2. The molecular weight excluding hydrogens is 208 g/mol. The third-order valence-corrected chi connectivity index (χ3v) is 4.17. The predicted octanol–water partition coefficient (Wildman–Crippen LogP) is 3.28. The summed E-state index contributed by atoms with van der Waals surface area (Å²) in [7, 11) is 0. The maximum atomic E-state index is 3.76. The molecule has 1 aliphatic rings. The minimum atomic E-state index is 0.689. The highest BCUT2D eigenvalue weighted by Crippen LogP contribution is 2.25. The number of nitrogens with one attached hydrogen (secondary N) is 1. The van der Waals surface area contributed by atoms with E-state index in [9.17, 15) is 0 Å². The number of hydrogen-bond donors (Lipinski definition) is 1. The van der Waals surface area contributed by atoms with Gasteiger partial charge in [0.25, 0.3) is 0 Å². The molecule has 0 aliphatic heterocycles. The van der Waals surface area contributed by atoms with Gasteiger partial charge in [0.1, 0.15) is 0 Å². The third kappa shape index (κ3) is 4.97. The quantitative estimate of drug-likeness (QED) is 0.735. The van der Waals surface area contributed by atoms with Gasteiger partial charge >= 0.3 is 0 Å². The Hall–Kier alpha value is -0.0800. The Kier molecular flexibility index (Phi) is 7.14. The van der Waals surface area contributed by atoms with Crippen LogP contribution >= 0.6 is 0 Å². The molecule has 2 unspecified atom stereocenters. The van der Waals surface area contributed by atoms with E-state index < -0.39 is 0 Å². The van der Waals surface area contributed by atoms with Crippen LogP contribution < -0.4 is 5.32 Å². The van der Waals surface area contributed by atoms with Gasteiger partial charge in [-0.1, -0.05) is 26.7 Å². The van der Waals surface area contributed by atoms with E-state index in [4.69, 9.17) is 0 Å². The lowest BCUT2D eigenvalue weighted by molar-refractivity contribution is 0.147. The summed E-state index contributed by atoms with van der Waals surface area (Å²) in [6.07, 6.45) is 6.92. The predicted molar refractivity (Wildman–Crippen MR) is 76.4 cm³/mol. The van der Waals surface area contributed by atoms with Gasteiger partial charge in [0, 0.05) is 18.6 Å². The van der Waals surface area contributed by atoms with Crippen molar-refractivity contribution in [1.82, 2.24) is 10.2 Å². The summed E-state index contributed by atoms with van der Waals surface area (Å²) in [6, 6.07) is 1.46. The van der Waals surface area contributed by atoms with Crippen molar-refractivity contribution in [3.63, 3.8) is 0 Å². The molecule has 0 aromatic carbocycles. The van der Waals surface area contributed by atoms with Gasteiger partial charge in [-0.3, -0.25) is 0 Å². The summed E-state index contributed by atoms with van der Waals surface area (Å²) in [4.78, 5) is 2.62. The Labute approximate surface area is 108 Å². The summed E-state index contributed by atoms with van der Waals surface area (Å²) in [5.41, 5.74) is 0. The average molecular weight is 240 g/mol. The second-order valence-corrected chi connectivity index (χ2v) is 5.79. The van der Waals surface area contributed by atoms with Crippen molar-refractivity contribution >= 4 is 0 Å². The zero-order valence-electron chi connectivity index (χ0n) is 12.3. The molecule has 0 saturated heterocycles. The molecule has 0 aromatic rings. The maximum absolute atomic E-state index is 3.76. The highest BCUT2D eigenvalue weighted by molar-refractivity contribution is 4.83. The van der Waals surface area contributed by atoms with Gasteiger partial charge in [0.05, 0.1) is 0 Å². The molecular formula is C15H32N2. The SMILES string of the molecule is CCCNC1CCCCC1CN(CC)C(C)C. The van der Waals surface area contributed by atoms with E-state index >= 15 is 0 Å². The van der Waals surface area contributed by atoms with E-state index in [1.54, 1.807) is 0 Å². The lowest BCUT2D eigenvalue weighted by atomic mass is 9.84. The summed E-state index contributed by atoms with van der Waals surface area (Å²) >= 11 is 0. The zero-order chi connectivity index (χ0) is 12.7. The van der Waals surface area contributed by atoms with Crippen molar-refractivity contribution in [3.05, 3.63) is 0 Å². The van der Waals surface area contributed by atoms with E-state index in [0.717, 1.165) is 12.0 Å². The Morgan fingerprint density at radius 3 is 2.47 bits per heavy atom. The zero-order valence-corrected chi connectivity index (χ0v) is 12.3. The van der Waals surface area contributed by atoms with E-state index in [1.807, 2.05) is 0 Å². The molecule has 102 valence electrons. The molecule has 1 rings (SSSR count). The largest absolute Gasteiger partial charge is 0.314 e. The lowest BCUT2D eigenvalue weighted by Gasteiger charge is -2.37. The van der Waals surface area contributed by atoms with Gasteiger partial charge in [-0.05, 0) is 52.1 Å². The van der Waals surface area contributed by atoms with E-state index in [2.05, 4.69) is 37.9 Å². The van der Waals surface area contributed by atoms with Crippen LogP contribution in [-0.4, -0.2) is 36.6 Å². The number of nitrogens with zero attached hydrogens (tertiary/aromatic N) is 1. The van der Waals surface area contributed by atoms with Gasteiger partial charge < -0.3 is 10.2 Å². The highest BCUT2D eigenvalue weighted by atomic mass is 15.1. The first-order chi connectivity index (χ1) is 8.19. The lowest BCUT2D eigenvalue weighted by Crippen LogP contribution is -2.46. The minimum absolute atomic E-state index is 0.689. The van der Waals surface area contributed by atoms with Crippen LogP contribution in [0.4, 0.5) is 0 Å². The van der Waals surface area contributed by atoms with Gasteiger partial charge in [0.15, 0.2) is 0 Å². The summed E-state index contributed by atoms with van der Waals surface area (Å²) in [5.74, 6) is 0.873. The number of rotatable bonds is 7. The molecule has 0 heterocycles. The highest BCUT2D eigenvalue weighted by Gasteiger charge is 2.26. The van der Waals surface area contributed by atoms with Crippen molar-refractivity contribution in [3.8, 4) is 0 Å². The molecule has 0 aromatic heterocycles. The first-order valence-electron chi connectivity index (χ1n) is 7.66. The molecule has 2 nitrogen and oxygen atoms in total. The summed E-state index contributed by atoms with van der Waals surface area (Å²) in [5, 5.41) is 3.76. The molecule has 17 heavy (non-hydrogen) atoms. The van der Waals surface area contributed by atoms with Gasteiger partial charge in [-0.2, -0.15) is 0 Å². The van der Waals surface area contributed by atoms with Crippen molar-refractivity contribution in [2.45, 2.75) is 71.9 Å². The fourth-order valence-electron chi connectivity index (χ4n) is 3.03. The van der Waals surface area contributed by atoms with Crippen molar-refractivity contribution < 1.29 is 0 Å². The van der Waals surface area contributed by atoms with Gasteiger partial charge in [0.2, 0.25) is 0 Å². The van der Waals surface area contributed by atoms with Crippen LogP contribution in [0.15, 0.2) is 0 Å². The van der Waals surface area contributed by atoms with E-state index in [1.165, 1.54) is 51.7 Å². The van der Waals surface area contributed by atoms with Crippen LogP contribution in [0.2, 0.25) is 0 Å². The molecule has 1 saturated carbocycles. The average Bonchev–Trinajstić information content (AvgIpc) is 2.34. The van der Waals surface area contributed by atoms with Crippen molar-refractivity contribution in [2.75, 3.05) is 19.6 Å². The Bertz CT molecular complexity index is 191. The topological polar surface area (TPSA) is 15.3 Å². The van der Waals surface area contributed by atoms with Gasteiger partial charge in [-0.15, -0.1) is 0 Å². The second-order valence-electron chi connectivity index (χ2n) is 5.79. The molecule has 1 aliphatic carbocycles. The first kappa shape index (κ1) is 15.0. The van der Waals surface area contributed by atoms with Crippen LogP contribution in [0, 0.1) is 5.92 Å². The monoisotopic (exact) mass is 240 g/mol. The first-order valence-corrected chi connectivity index (χ1v) is 7.66. The molecule has 0 bridgehead atoms. The summed E-state index contributed by atoms with van der Waals surface area (Å²) < 4.78 is 0. The fourth-order valence-corrected chi connectivity index (χ4v) is 3.03. The molecule has 1 fully saturated rings. The Morgan fingerprint density at radius 1 is 1.18 bits per heavy atom. The Balaban J connectivity index is 2.46. The van der Waals surface area contributed by atoms with Crippen LogP contribution in [0.5, 0.6) is 0 Å². The van der Waals surface area contributed by atoms with Crippen LogP contribution in [0.3, 0.4) is 0 Å². The maximum Gasteiger partial charge on any atom is 0.0107 e. The third-order valence-electron chi connectivity index (χ3n) is 4.17. The van der Waals surface area contributed by atoms with E-state index in [0.29, 0.717) is 6.04 Å². The van der Waals surface area contributed by atoms with Crippen LogP contribution in [0.1, 0.15) is 59.8 Å². The molecule has 2 heteroatoms. The van der Waals surface area contributed by atoms with E-state index in [-0.39, 0.29) is 0 Å². The standard InChI is InChI=1S/C15H32N2/c1-5-11-16-15-10-8-7-9-14(15)12-17(6-2)13(3)4/h13-16H,5-12H2,1-4H3. The molecule has 1 N–H and O–H groups in total. The minimum Gasteiger partial charge on any atom is -0.314 e. The molecule has 0 amide bonds. The van der Waals surface area contributed by atoms with Crippen molar-refractivity contribution in [2.24, 2.45) is 5.92 Å². The van der Waals surface area contributed by atoms with Crippen LogP contribution in [-0.2, 0) is 0 Å². The normalized spacial score (nSPS) is 25.8. The molecule has 2 atom stereocenters. The van der Waals surface area contributed by atoms with Crippen molar-refractivity contribution in [1.29, 1.82) is 0 Å². The summed E-state index contributed by atoms with van der Waals surface area (Å²) in [6.45, 7) is 12.9.